The van der Waals surface area contributed by atoms with E-state index in [9.17, 15) is 0 Å². The first-order valence-corrected chi connectivity index (χ1v) is 3.68. The molecule has 2 bridgehead atoms. The Morgan fingerprint density at radius 2 is 1.67 bits per heavy atom. The van der Waals surface area contributed by atoms with Crippen molar-refractivity contribution in [2.24, 2.45) is 0 Å². The van der Waals surface area contributed by atoms with Crippen molar-refractivity contribution in [3.63, 3.8) is 0 Å². The highest BCUT2D eigenvalue weighted by Crippen LogP contribution is 2.28. The van der Waals surface area contributed by atoms with Gasteiger partial charge in [-0.2, -0.15) is 0 Å². The zero-order chi connectivity index (χ0) is 6.43. The summed E-state index contributed by atoms with van der Waals surface area (Å²) in [5.74, 6) is 0. The normalized spacial score (nSPS) is 44.7. The lowest BCUT2D eigenvalue weighted by Gasteiger charge is -2.54. The summed E-state index contributed by atoms with van der Waals surface area (Å²) >= 11 is 0. The fraction of sp³-hybridized carbons (Fsp3) is 1.00. The van der Waals surface area contributed by atoms with E-state index in [0.29, 0.717) is 0 Å². The van der Waals surface area contributed by atoms with Crippen LogP contribution in [0.2, 0.25) is 0 Å². The molecule has 3 aliphatic heterocycles. The van der Waals surface area contributed by atoms with Crippen molar-refractivity contribution >= 4 is 0 Å². The van der Waals surface area contributed by atoms with Crippen molar-refractivity contribution in [2.45, 2.75) is 18.5 Å². The quantitative estimate of drug-likeness (QED) is 0.451. The Morgan fingerprint density at radius 3 is 2.00 bits per heavy atom. The second kappa shape index (κ2) is 1.70. The molecule has 0 aliphatic carbocycles. The van der Waals surface area contributed by atoms with Crippen LogP contribution in [0.1, 0.15) is 6.42 Å². The molecule has 3 aliphatic rings. The first kappa shape index (κ1) is 5.69. The first-order valence-electron chi connectivity index (χ1n) is 3.68. The lowest BCUT2D eigenvalue weighted by molar-refractivity contribution is -0.0408. The molecule has 0 aromatic carbocycles. The highest BCUT2D eigenvalue weighted by Gasteiger charge is 2.40. The predicted molar refractivity (Wildman–Crippen MR) is 37.5 cm³/mol. The number of rotatable bonds is 0. The van der Waals surface area contributed by atoms with Crippen LogP contribution in [0.4, 0.5) is 0 Å². The molecule has 0 N–H and O–H groups in total. The number of fused-ring (bicyclic) bond motifs is 2. The smallest absolute Gasteiger partial charge is 0.0238 e. The van der Waals surface area contributed by atoms with Gasteiger partial charge in [0.05, 0.1) is 0 Å². The maximum absolute atomic E-state index is 2.50. The van der Waals surface area contributed by atoms with Crippen molar-refractivity contribution in [1.29, 1.82) is 0 Å². The largest absolute Gasteiger partial charge is 0.303 e. The third kappa shape index (κ3) is 0.700. The molecule has 0 aromatic rings. The monoisotopic (exact) mass is 126 g/mol. The summed E-state index contributed by atoms with van der Waals surface area (Å²) in [7, 11) is 4.46. The Balaban J connectivity index is 2.01. The number of hydrogen-bond donors (Lipinski definition) is 0. The topological polar surface area (TPSA) is 6.48 Å². The fourth-order valence-electron chi connectivity index (χ4n) is 2.01. The van der Waals surface area contributed by atoms with Crippen LogP contribution in [0, 0.1) is 0 Å². The molecule has 0 spiro atoms. The molecule has 3 heterocycles. The Morgan fingerprint density at radius 1 is 1.11 bits per heavy atom. The van der Waals surface area contributed by atoms with Crippen LogP contribution in [-0.4, -0.2) is 49.1 Å². The fourth-order valence-corrected chi connectivity index (χ4v) is 2.01. The van der Waals surface area contributed by atoms with Crippen molar-refractivity contribution in [1.82, 2.24) is 9.80 Å². The number of piperazine rings is 1. The minimum absolute atomic E-state index is 0.883. The van der Waals surface area contributed by atoms with Gasteiger partial charge in [0.2, 0.25) is 0 Å². The summed E-state index contributed by atoms with van der Waals surface area (Å²) in [6.07, 6.45) is 1.45. The predicted octanol–water partition coefficient (Wildman–Crippen LogP) is 0.00450. The van der Waals surface area contributed by atoms with E-state index in [1.165, 1.54) is 19.5 Å². The molecule has 3 rings (SSSR count). The van der Waals surface area contributed by atoms with Gasteiger partial charge in [0.25, 0.3) is 0 Å². The van der Waals surface area contributed by atoms with Crippen LogP contribution in [0.5, 0.6) is 0 Å². The molecule has 0 amide bonds. The van der Waals surface area contributed by atoms with Gasteiger partial charge in [0.15, 0.2) is 0 Å². The Bertz CT molecular complexity index is 112. The molecule has 0 saturated carbocycles. The van der Waals surface area contributed by atoms with Gasteiger partial charge < -0.3 is 4.90 Å². The number of likely N-dealkylation sites (N-methyl/N-ethyl adjacent to an activating group) is 2. The summed E-state index contributed by atoms with van der Waals surface area (Å²) in [6, 6.07) is 1.77. The summed E-state index contributed by atoms with van der Waals surface area (Å²) in [5, 5.41) is 0. The Hall–Kier alpha value is -0.0800. The minimum Gasteiger partial charge on any atom is -0.303 e. The van der Waals surface area contributed by atoms with Crippen LogP contribution < -0.4 is 0 Å². The van der Waals surface area contributed by atoms with Crippen LogP contribution >= 0.6 is 0 Å². The molecule has 52 valence electrons. The Kier molecular flexibility index (Phi) is 1.08. The lowest BCUT2D eigenvalue weighted by atomic mass is 9.89. The summed E-state index contributed by atoms with van der Waals surface area (Å²) in [5.41, 5.74) is 0. The van der Waals surface area contributed by atoms with Gasteiger partial charge >= 0.3 is 0 Å². The van der Waals surface area contributed by atoms with Crippen LogP contribution in [0.15, 0.2) is 0 Å². The van der Waals surface area contributed by atoms with Gasteiger partial charge in [0.1, 0.15) is 0 Å². The van der Waals surface area contributed by atoms with E-state index in [0.717, 1.165) is 12.1 Å². The molecular weight excluding hydrogens is 112 g/mol. The van der Waals surface area contributed by atoms with Crippen LogP contribution in [0.25, 0.3) is 0 Å². The van der Waals surface area contributed by atoms with Gasteiger partial charge in [-0.3, -0.25) is 4.90 Å². The molecular formula is C7H14N2. The van der Waals surface area contributed by atoms with Gasteiger partial charge in [-0.1, -0.05) is 0 Å². The van der Waals surface area contributed by atoms with E-state index in [1.54, 1.807) is 0 Å². The van der Waals surface area contributed by atoms with E-state index in [2.05, 4.69) is 23.9 Å². The molecule has 2 heteroatoms. The average Bonchev–Trinajstić information content (AvgIpc) is 1.87. The van der Waals surface area contributed by atoms with Gasteiger partial charge in [-0.15, -0.1) is 0 Å². The molecule has 2 atom stereocenters. The summed E-state index contributed by atoms with van der Waals surface area (Å²) < 4.78 is 0. The summed E-state index contributed by atoms with van der Waals surface area (Å²) in [6.45, 7) is 2.57. The van der Waals surface area contributed by atoms with E-state index in [4.69, 9.17) is 0 Å². The molecule has 0 radical (unpaired) electrons. The molecule has 9 heavy (non-hydrogen) atoms. The molecule has 0 aromatic heterocycles. The number of hydrogen-bond acceptors (Lipinski definition) is 2. The van der Waals surface area contributed by atoms with E-state index >= 15 is 0 Å². The average molecular weight is 126 g/mol. The van der Waals surface area contributed by atoms with Gasteiger partial charge in [-0.05, 0) is 20.5 Å². The second-order valence-corrected chi connectivity index (χ2v) is 3.43. The molecule has 3 saturated heterocycles. The zero-order valence-electron chi connectivity index (χ0n) is 6.17. The first-order chi connectivity index (χ1) is 4.27. The second-order valence-electron chi connectivity index (χ2n) is 3.43. The standard InChI is InChI=1S/C7H14N2/c1-8-4-6-3-7(5-8)9(6)2/h6-7H,3-5H2,1-2H3/t6-,7?/m0/s1. The van der Waals surface area contributed by atoms with Crippen molar-refractivity contribution in [2.75, 3.05) is 27.2 Å². The number of nitrogens with zero attached hydrogens (tertiary/aromatic N) is 2. The summed E-state index contributed by atoms with van der Waals surface area (Å²) in [4.78, 5) is 4.93. The maximum Gasteiger partial charge on any atom is 0.0238 e. The molecule has 3 fully saturated rings. The van der Waals surface area contributed by atoms with E-state index in [1.807, 2.05) is 0 Å². The van der Waals surface area contributed by atoms with E-state index in [-0.39, 0.29) is 0 Å². The van der Waals surface area contributed by atoms with Gasteiger partial charge in [0, 0.05) is 25.2 Å². The number of piperidine rings is 1. The Labute approximate surface area is 56.4 Å². The van der Waals surface area contributed by atoms with Crippen LogP contribution in [0.3, 0.4) is 0 Å². The third-order valence-electron chi connectivity index (χ3n) is 2.74. The van der Waals surface area contributed by atoms with E-state index < -0.39 is 0 Å². The SMILES string of the molecule is CN1CC2C[C@@H](C1)N2C. The van der Waals surface area contributed by atoms with Crippen molar-refractivity contribution in [3.05, 3.63) is 0 Å². The van der Waals surface area contributed by atoms with Crippen molar-refractivity contribution in [3.8, 4) is 0 Å². The highest BCUT2D eigenvalue weighted by atomic mass is 15.3. The molecule has 1 unspecified atom stereocenters. The van der Waals surface area contributed by atoms with Crippen LogP contribution in [-0.2, 0) is 0 Å². The third-order valence-corrected chi connectivity index (χ3v) is 2.74. The minimum atomic E-state index is 0.883. The zero-order valence-corrected chi connectivity index (χ0v) is 6.17. The lowest BCUT2D eigenvalue weighted by Crippen LogP contribution is -2.66. The van der Waals surface area contributed by atoms with Crippen molar-refractivity contribution < 1.29 is 0 Å². The maximum atomic E-state index is 2.50. The van der Waals surface area contributed by atoms with Gasteiger partial charge in [-0.25, -0.2) is 0 Å². The highest BCUT2D eigenvalue weighted by molar-refractivity contribution is 4.97. The molecule has 2 nitrogen and oxygen atoms in total.